The fourth-order valence-electron chi connectivity index (χ4n) is 2.68. The summed E-state index contributed by atoms with van der Waals surface area (Å²) >= 11 is 0. The number of hydrogen-bond donors (Lipinski definition) is 2. The van der Waals surface area contributed by atoms with Crippen molar-refractivity contribution in [3.63, 3.8) is 0 Å². The van der Waals surface area contributed by atoms with E-state index in [1.54, 1.807) is 12.1 Å². The molecule has 0 spiro atoms. The van der Waals surface area contributed by atoms with Gasteiger partial charge in [0.15, 0.2) is 0 Å². The maximum absolute atomic E-state index is 11.7. The first-order valence-electron chi connectivity index (χ1n) is 7.42. The minimum absolute atomic E-state index is 0.309. The average molecular weight is 296 g/mol. The minimum atomic E-state index is -3.34. The van der Waals surface area contributed by atoms with Gasteiger partial charge in [0, 0.05) is 11.7 Å². The quantitative estimate of drug-likeness (QED) is 0.897. The van der Waals surface area contributed by atoms with Crippen LogP contribution in [0, 0.1) is 0 Å². The van der Waals surface area contributed by atoms with Gasteiger partial charge in [-0.3, -0.25) is 0 Å². The van der Waals surface area contributed by atoms with Crippen molar-refractivity contribution in [2.24, 2.45) is 0 Å². The molecule has 0 unspecified atom stereocenters. The highest BCUT2D eigenvalue weighted by Gasteiger charge is 2.13. The second-order valence-electron chi connectivity index (χ2n) is 5.42. The molecule has 0 amide bonds. The van der Waals surface area contributed by atoms with Crippen molar-refractivity contribution in [3.8, 4) is 0 Å². The van der Waals surface area contributed by atoms with E-state index in [0.717, 1.165) is 5.69 Å². The first kappa shape index (κ1) is 15.3. The van der Waals surface area contributed by atoms with Gasteiger partial charge in [0.05, 0.1) is 4.90 Å². The Morgan fingerprint density at radius 3 is 2.05 bits per heavy atom. The molecule has 1 aromatic carbocycles. The van der Waals surface area contributed by atoms with Crippen molar-refractivity contribution in [1.82, 2.24) is 4.72 Å². The highest BCUT2D eigenvalue weighted by Crippen LogP contribution is 2.21. The second kappa shape index (κ2) is 7.09. The highest BCUT2D eigenvalue weighted by molar-refractivity contribution is 7.89. The van der Waals surface area contributed by atoms with Crippen LogP contribution in [-0.4, -0.2) is 21.5 Å². The molecule has 112 valence electrons. The lowest BCUT2D eigenvalue weighted by Crippen LogP contribution is -2.21. The third kappa shape index (κ3) is 4.21. The molecular formula is C15H24N2O2S. The van der Waals surface area contributed by atoms with Crippen molar-refractivity contribution >= 4 is 15.7 Å². The molecule has 1 aromatic rings. The summed E-state index contributed by atoms with van der Waals surface area (Å²) in [5, 5.41) is 3.53. The highest BCUT2D eigenvalue weighted by atomic mass is 32.2. The van der Waals surface area contributed by atoms with Crippen LogP contribution in [0.4, 0.5) is 5.69 Å². The SMILES string of the molecule is CNS(=O)(=O)c1ccc(NC2CCCCCCC2)cc1. The molecule has 2 rings (SSSR count). The van der Waals surface area contributed by atoms with E-state index >= 15 is 0 Å². The first-order valence-corrected chi connectivity index (χ1v) is 8.90. The molecule has 20 heavy (non-hydrogen) atoms. The molecule has 0 aliphatic heterocycles. The number of rotatable bonds is 4. The van der Waals surface area contributed by atoms with Crippen LogP contribution in [0.5, 0.6) is 0 Å². The standard InChI is InChI=1S/C15H24N2O2S/c1-16-20(18,19)15-11-9-14(10-12-15)17-13-7-5-3-2-4-6-8-13/h9-13,16-17H,2-8H2,1H3. The van der Waals surface area contributed by atoms with Crippen LogP contribution in [-0.2, 0) is 10.0 Å². The molecular weight excluding hydrogens is 272 g/mol. The predicted molar refractivity (Wildman–Crippen MR) is 82.4 cm³/mol. The maximum atomic E-state index is 11.7. The fourth-order valence-corrected chi connectivity index (χ4v) is 3.41. The summed E-state index contributed by atoms with van der Waals surface area (Å²) in [6.45, 7) is 0. The zero-order valence-electron chi connectivity index (χ0n) is 12.1. The molecule has 5 heteroatoms. The van der Waals surface area contributed by atoms with Crippen LogP contribution in [0.2, 0.25) is 0 Å². The van der Waals surface area contributed by atoms with E-state index < -0.39 is 10.0 Å². The Kier molecular flexibility index (Phi) is 5.43. The van der Waals surface area contributed by atoms with Crippen LogP contribution >= 0.6 is 0 Å². The Bertz CT molecular complexity index is 503. The molecule has 0 aromatic heterocycles. The lowest BCUT2D eigenvalue weighted by atomic mass is 9.96. The van der Waals surface area contributed by atoms with E-state index in [1.165, 1.54) is 52.0 Å². The van der Waals surface area contributed by atoms with Crippen molar-refractivity contribution in [2.45, 2.75) is 55.9 Å². The van der Waals surface area contributed by atoms with E-state index in [4.69, 9.17) is 0 Å². The van der Waals surface area contributed by atoms with Crippen molar-refractivity contribution in [2.75, 3.05) is 12.4 Å². The van der Waals surface area contributed by atoms with Crippen molar-refractivity contribution < 1.29 is 8.42 Å². The molecule has 0 atom stereocenters. The lowest BCUT2D eigenvalue weighted by Gasteiger charge is -2.22. The largest absolute Gasteiger partial charge is 0.382 e. The Labute approximate surface area is 122 Å². The van der Waals surface area contributed by atoms with Crippen LogP contribution in [0.3, 0.4) is 0 Å². The van der Waals surface area contributed by atoms with E-state index in [1.807, 2.05) is 12.1 Å². The molecule has 1 fully saturated rings. The zero-order chi connectivity index (χ0) is 14.4. The number of hydrogen-bond acceptors (Lipinski definition) is 3. The van der Waals surface area contributed by atoms with E-state index in [2.05, 4.69) is 10.0 Å². The van der Waals surface area contributed by atoms with Gasteiger partial charge in [-0.25, -0.2) is 13.1 Å². The Morgan fingerprint density at radius 1 is 0.950 bits per heavy atom. The van der Waals surface area contributed by atoms with E-state index in [-0.39, 0.29) is 0 Å². The van der Waals surface area contributed by atoms with Gasteiger partial charge in [-0.05, 0) is 44.2 Å². The summed E-state index contributed by atoms with van der Waals surface area (Å²) in [5.41, 5.74) is 1.01. The van der Waals surface area contributed by atoms with E-state index in [0.29, 0.717) is 10.9 Å². The molecule has 0 radical (unpaired) electrons. The zero-order valence-corrected chi connectivity index (χ0v) is 12.9. The molecule has 1 aliphatic rings. The van der Waals surface area contributed by atoms with Gasteiger partial charge in [0.2, 0.25) is 10.0 Å². The van der Waals surface area contributed by atoms with Crippen LogP contribution in [0.15, 0.2) is 29.2 Å². The molecule has 0 saturated heterocycles. The van der Waals surface area contributed by atoms with E-state index in [9.17, 15) is 8.42 Å². The van der Waals surface area contributed by atoms with Crippen molar-refractivity contribution in [1.29, 1.82) is 0 Å². The summed E-state index contributed by atoms with van der Waals surface area (Å²) in [5.74, 6) is 0. The molecule has 1 saturated carbocycles. The third-order valence-corrected chi connectivity index (χ3v) is 5.34. The number of nitrogens with one attached hydrogen (secondary N) is 2. The van der Waals surface area contributed by atoms with Gasteiger partial charge in [-0.2, -0.15) is 0 Å². The first-order chi connectivity index (χ1) is 9.62. The van der Waals surface area contributed by atoms with Gasteiger partial charge in [0.1, 0.15) is 0 Å². The summed E-state index contributed by atoms with van der Waals surface area (Å²) < 4.78 is 25.6. The normalized spacial score (nSPS) is 18.2. The van der Waals surface area contributed by atoms with Gasteiger partial charge in [-0.15, -0.1) is 0 Å². The van der Waals surface area contributed by atoms with Crippen LogP contribution in [0.25, 0.3) is 0 Å². The molecule has 0 bridgehead atoms. The molecule has 0 heterocycles. The fraction of sp³-hybridized carbons (Fsp3) is 0.600. The summed E-state index contributed by atoms with van der Waals surface area (Å²) in [6, 6.07) is 7.52. The van der Waals surface area contributed by atoms with Gasteiger partial charge in [-0.1, -0.05) is 32.1 Å². The molecule has 4 nitrogen and oxygen atoms in total. The Balaban J connectivity index is 1.99. The molecule has 1 aliphatic carbocycles. The summed E-state index contributed by atoms with van der Waals surface area (Å²) in [4.78, 5) is 0.309. The van der Waals surface area contributed by atoms with Crippen LogP contribution in [0.1, 0.15) is 44.9 Å². The second-order valence-corrected chi connectivity index (χ2v) is 7.30. The van der Waals surface area contributed by atoms with Gasteiger partial charge >= 0.3 is 0 Å². The number of anilines is 1. The van der Waals surface area contributed by atoms with Gasteiger partial charge < -0.3 is 5.32 Å². The topological polar surface area (TPSA) is 58.2 Å². The monoisotopic (exact) mass is 296 g/mol. The lowest BCUT2D eigenvalue weighted by molar-refractivity contribution is 0.471. The minimum Gasteiger partial charge on any atom is -0.382 e. The third-order valence-electron chi connectivity index (χ3n) is 3.91. The Hall–Kier alpha value is -1.07. The average Bonchev–Trinajstić information content (AvgIpc) is 2.42. The van der Waals surface area contributed by atoms with Gasteiger partial charge in [0.25, 0.3) is 0 Å². The number of benzene rings is 1. The smallest absolute Gasteiger partial charge is 0.240 e. The number of sulfonamides is 1. The predicted octanol–water partition coefficient (Wildman–Crippen LogP) is 3.12. The molecule has 2 N–H and O–H groups in total. The summed E-state index contributed by atoms with van der Waals surface area (Å²) in [6.07, 6.45) is 9.00. The summed E-state index contributed by atoms with van der Waals surface area (Å²) in [7, 11) is -1.91. The van der Waals surface area contributed by atoms with Crippen molar-refractivity contribution in [3.05, 3.63) is 24.3 Å². The maximum Gasteiger partial charge on any atom is 0.240 e. The van der Waals surface area contributed by atoms with Crippen LogP contribution < -0.4 is 10.0 Å². The Morgan fingerprint density at radius 2 is 1.50 bits per heavy atom.